The number of nitrogens with one attached hydrogen (secondary N) is 2. The Bertz CT molecular complexity index is 174. The van der Waals surface area contributed by atoms with Crippen molar-refractivity contribution >= 4 is 11.7 Å². The molecule has 0 aromatic heterocycles. The molecule has 0 aliphatic rings. The zero-order chi connectivity index (χ0) is 10.1. The molecule has 13 heavy (non-hydrogen) atoms. The number of nitrogens with zero attached hydrogens (tertiary/aromatic N) is 1. The minimum absolute atomic E-state index is 0.104. The van der Waals surface area contributed by atoms with E-state index in [2.05, 4.69) is 17.5 Å². The van der Waals surface area contributed by atoms with E-state index in [1.54, 1.807) is 0 Å². The van der Waals surface area contributed by atoms with Crippen molar-refractivity contribution < 1.29 is 0 Å². The Morgan fingerprint density at radius 1 is 1.38 bits per heavy atom. The standard InChI is InChI=1S/C9H20N4/c1-3-4-5-6-7-8(2)12-13-9(10)11/h3-7H2,1-2H3,(H4,10,11,13)/b12-8+. The van der Waals surface area contributed by atoms with Gasteiger partial charge in [0.15, 0.2) is 0 Å². The molecule has 0 aromatic rings. The molecule has 0 aromatic carbocycles. The lowest BCUT2D eigenvalue weighted by molar-refractivity contribution is 0.681. The monoisotopic (exact) mass is 184 g/mol. The quantitative estimate of drug-likeness (QED) is 0.255. The van der Waals surface area contributed by atoms with Crippen LogP contribution in [0.2, 0.25) is 0 Å². The van der Waals surface area contributed by atoms with Crippen LogP contribution in [0.25, 0.3) is 0 Å². The molecule has 4 nitrogen and oxygen atoms in total. The van der Waals surface area contributed by atoms with Gasteiger partial charge >= 0.3 is 0 Å². The molecule has 0 bridgehead atoms. The fourth-order valence-electron chi connectivity index (χ4n) is 1.02. The fraction of sp³-hybridized carbons (Fsp3) is 0.778. The molecule has 0 spiro atoms. The van der Waals surface area contributed by atoms with Crippen molar-refractivity contribution in [1.82, 2.24) is 5.43 Å². The van der Waals surface area contributed by atoms with Crippen LogP contribution in [0.1, 0.15) is 46.0 Å². The molecule has 0 aliphatic carbocycles. The third kappa shape index (κ3) is 8.85. The number of hydrazone groups is 1. The molecule has 0 rings (SSSR count). The van der Waals surface area contributed by atoms with E-state index < -0.39 is 0 Å². The first-order valence-electron chi connectivity index (χ1n) is 4.80. The molecule has 0 saturated heterocycles. The van der Waals surface area contributed by atoms with E-state index >= 15 is 0 Å². The lowest BCUT2D eigenvalue weighted by atomic mass is 10.1. The van der Waals surface area contributed by atoms with Crippen molar-refractivity contribution in [1.29, 1.82) is 5.41 Å². The van der Waals surface area contributed by atoms with Crippen molar-refractivity contribution in [2.45, 2.75) is 46.0 Å². The summed E-state index contributed by atoms with van der Waals surface area (Å²) in [6.07, 6.45) is 5.95. The lowest BCUT2D eigenvalue weighted by Crippen LogP contribution is -2.26. The highest BCUT2D eigenvalue weighted by atomic mass is 15.3. The highest BCUT2D eigenvalue weighted by Gasteiger charge is 1.92. The summed E-state index contributed by atoms with van der Waals surface area (Å²) in [5, 5.41) is 10.8. The zero-order valence-electron chi connectivity index (χ0n) is 8.56. The molecule has 4 heteroatoms. The Morgan fingerprint density at radius 2 is 2.08 bits per heavy atom. The van der Waals surface area contributed by atoms with Crippen molar-refractivity contribution in [2.24, 2.45) is 10.8 Å². The molecular formula is C9H20N4. The molecule has 0 atom stereocenters. The van der Waals surface area contributed by atoms with E-state index in [9.17, 15) is 0 Å². The SMILES string of the molecule is CCCCCC/C(C)=N/NC(=N)N. The van der Waals surface area contributed by atoms with Crippen LogP contribution in [-0.2, 0) is 0 Å². The summed E-state index contributed by atoms with van der Waals surface area (Å²) in [7, 11) is 0. The molecular weight excluding hydrogens is 164 g/mol. The number of hydrogen-bond donors (Lipinski definition) is 3. The van der Waals surface area contributed by atoms with Crippen LogP contribution in [0.3, 0.4) is 0 Å². The van der Waals surface area contributed by atoms with Gasteiger partial charge in [0.25, 0.3) is 0 Å². The number of rotatable bonds is 6. The smallest absolute Gasteiger partial charge is 0.206 e. The average Bonchev–Trinajstić information content (AvgIpc) is 2.09. The van der Waals surface area contributed by atoms with Gasteiger partial charge in [0, 0.05) is 5.71 Å². The first-order valence-corrected chi connectivity index (χ1v) is 4.80. The fourth-order valence-corrected chi connectivity index (χ4v) is 1.02. The third-order valence-electron chi connectivity index (χ3n) is 1.76. The Labute approximate surface area is 80.1 Å². The summed E-state index contributed by atoms with van der Waals surface area (Å²) < 4.78 is 0. The van der Waals surface area contributed by atoms with Gasteiger partial charge in [-0.05, 0) is 19.8 Å². The first-order chi connectivity index (χ1) is 6.16. The van der Waals surface area contributed by atoms with Crippen LogP contribution in [0.4, 0.5) is 0 Å². The van der Waals surface area contributed by atoms with E-state index in [1.165, 1.54) is 25.7 Å². The molecule has 0 heterocycles. The Hall–Kier alpha value is -1.06. The Morgan fingerprint density at radius 3 is 2.62 bits per heavy atom. The van der Waals surface area contributed by atoms with E-state index in [1.807, 2.05) is 6.92 Å². The largest absolute Gasteiger partial charge is 0.369 e. The van der Waals surface area contributed by atoms with Gasteiger partial charge in [-0.2, -0.15) is 5.10 Å². The van der Waals surface area contributed by atoms with Crippen LogP contribution < -0.4 is 11.2 Å². The van der Waals surface area contributed by atoms with Crippen molar-refractivity contribution in [2.75, 3.05) is 0 Å². The van der Waals surface area contributed by atoms with Crippen LogP contribution in [0, 0.1) is 5.41 Å². The van der Waals surface area contributed by atoms with Gasteiger partial charge in [0.1, 0.15) is 0 Å². The minimum atomic E-state index is -0.104. The third-order valence-corrected chi connectivity index (χ3v) is 1.76. The topological polar surface area (TPSA) is 74.3 Å². The van der Waals surface area contributed by atoms with Gasteiger partial charge in [-0.15, -0.1) is 0 Å². The number of guanidine groups is 1. The normalized spacial score (nSPS) is 11.4. The minimum Gasteiger partial charge on any atom is -0.369 e. The summed E-state index contributed by atoms with van der Waals surface area (Å²) in [6, 6.07) is 0. The molecule has 0 fully saturated rings. The Kier molecular flexibility index (Phi) is 6.96. The predicted octanol–water partition coefficient (Wildman–Crippen LogP) is 1.82. The average molecular weight is 184 g/mol. The van der Waals surface area contributed by atoms with Crippen LogP contribution >= 0.6 is 0 Å². The maximum atomic E-state index is 6.89. The molecule has 0 unspecified atom stereocenters. The molecule has 0 amide bonds. The van der Waals surface area contributed by atoms with Crippen molar-refractivity contribution in [3.8, 4) is 0 Å². The van der Waals surface area contributed by atoms with Gasteiger partial charge in [-0.3, -0.25) is 5.41 Å². The summed E-state index contributed by atoms with van der Waals surface area (Å²) in [6.45, 7) is 4.14. The number of unbranched alkanes of at least 4 members (excludes halogenated alkanes) is 3. The highest BCUT2D eigenvalue weighted by Crippen LogP contribution is 2.02. The molecule has 0 radical (unpaired) electrons. The Balaban J connectivity index is 3.43. The van der Waals surface area contributed by atoms with E-state index in [-0.39, 0.29) is 5.96 Å². The second-order valence-electron chi connectivity index (χ2n) is 3.18. The summed E-state index contributed by atoms with van der Waals surface area (Å²) in [4.78, 5) is 0. The number of nitrogens with two attached hydrogens (primary N) is 1. The van der Waals surface area contributed by atoms with Crippen LogP contribution in [-0.4, -0.2) is 11.7 Å². The van der Waals surface area contributed by atoms with Gasteiger partial charge in [-0.1, -0.05) is 26.2 Å². The molecule has 76 valence electrons. The maximum absolute atomic E-state index is 6.89. The molecule has 0 aliphatic heterocycles. The zero-order valence-corrected chi connectivity index (χ0v) is 8.56. The van der Waals surface area contributed by atoms with Gasteiger partial charge < -0.3 is 5.73 Å². The van der Waals surface area contributed by atoms with E-state index in [0.29, 0.717) is 0 Å². The predicted molar refractivity (Wildman–Crippen MR) is 56.9 cm³/mol. The summed E-state index contributed by atoms with van der Waals surface area (Å²) >= 11 is 0. The summed E-state index contributed by atoms with van der Waals surface area (Å²) in [5.74, 6) is -0.104. The van der Waals surface area contributed by atoms with E-state index in [4.69, 9.17) is 11.1 Å². The number of hydrogen-bond acceptors (Lipinski definition) is 2. The lowest BCUT2D eigenvalue weighted by Gasteiger charge is -2.00. The second kappa shape index (κ2) is 7.58. The van der Waals surface area contributed by atoms with Crippen LogP contribution in [0.15, 0.2) is 5.10 Å². The van der Waals surface area contributed by atoms with Crippen LogP contribution in [0.5, 0.6) is 0 Å². The summed E-state index contributed by atoms with van der Waals surface area (Å²) in [5.41, 5.74) is 8.52. The van der Waals surface area contributed by atoms with Gasteiger partial charge in [0.05, 0.1) is 0 Å². The molecule has 4 N–H and O–H groups in total. The molecule has 0 saturated carbocycles. The van der Waals surface area contributed by atoms with Gasteiger partial charge in [0.2, 0.25) is 5.96 Å². The highest BCUT2D eigenvalue weighted by molar-refractivity contribution is 5.83. The maximum Gasteiger partial charge on any atom is 0.206 e. The van der Waals surface area contributed by atoms with Gasteiger partial charge in [-0.25, -0.2) is 5.43 Å². The van der Waals surface area contributed by atoms with E-state index in [0.717, 1.165) is 12.1 Å². The van der Waals surface area contributed by atoms with Crippen molar-refractivity contribution in [3.05, 3.63) is 0 Å². The second-order valence-corrected chi connectivity index (χ2v) is 3.18. The van der Waals surface area contributed by atoms with Crippen molar-refractivity contribution in [3.63, 3.8) is 0 Å². The first kappa shape index (κ1) is 11.9.